The van der Waals surface area contributed by atoms with Crippen LogP contribution in [0.25, 0.3) is 0 Å². The Morgan fingerprint density at radius 1 is 1.31 bits per heavy atom. The molecule has 1 aliphatic rings. The van der Waals surface area contributed by atoms with Crippen LogP contribution in [0.15, 0.2) is 0 Å². The molecule has 0 N–H and O–H groups in total. The molecule has 0 radical (unpaired) electrons. The minimum atomic E-state index is 0.392. The van der Waals surface area contributed by atoms with Crippen molar-refractivity contribution in [3.63, 3.8) is 0 Å². The van der Waals surface area contributed by atoms with Gasteiger partial charge >= 0.3 is 0 Å². The quantitative estimate of drug-likeness (QED) is 0.688. The molecule has 96 valence electrons. The van der Waals surface area contributed by atoms with Crippen LogP contribution < -0.4 is 0 Å². The molecule has 0 saturated heterocycles. The van der Waals surface area contributed by atoms with Crippen LogP contribution in [0.3, 0.4) is 0 Å². The van der Waals surface area contributed by atoms with E-state index in [2.05, 4.69) is 43.6 Å². The van der Waals surface area contributed by atoms with Crippen LogP contribution in [0.5, 0.6) is 0 Å². The maximum Gasteiger partial charge on any atom is 0.0546 e. The van der Waals surface area contributed by atoms with Crippen LogP contribution in [-0.4, -0.2) is 18.0 Å². The Hall–Kier alpha value is 0.440. The van der Waals surface area contributed by atoms with E-state index in [0.717, 1.165) is 11.8 Å². The number of ether oxygens (including phenoxy) is 1. The second kappa shape index (κ2) is 5.86. The second-order valence-corrected chi connectivity index (χ2v) is 7.61. The van der Waals surface area contributed by atoms with E-state index in [1.165, 1.54) is 25.7 Å². The summed E-state index contributed by atoms with van der Waals surface area (Å²) in [6.45, 7) is 9.32. The van der Waals surface area contributed by atoms with Crippen molar-refractivity contribution in [3.05, 3.63) is 0 Å². The molecule has 0 bridgehead atoms. The normalized spacial score (nSPS) is 33.8. The Morgan fingerprint density at radius 3 is 2.44 bits per heavy atom. The van der Waals surface area contributed by atoms with Crippen LogP contribution in [-0.2, 0) is 4.74 Å². The molecular weight excluding hydrogens is 264 g/mol. The summed E-state index contributed by atoms with van der Waals surface area (Å²) in [7, 11) is 1.82. The van der Waals surface area contributed by atoms with Gasteiger partial charge in [0.25, 0.3) is 0 Å². The minimum Gasteiger partial charge on any atom is -0.382 e. The lowest BCUT2D eigenvalue weighted by molar-refractivity contribution is 0.0698. The molecule has 4 unspecified atom stereocenters. The molecule has 0 aliphatic heterocycles. The topological polar surface area (TPSA) is 9.23 Å². The molecule has 2 heteroatoms. The van der Waals surface area contributed by atoms with Crippen molar-refractivity contribution in [1.29, 1.82) is 0 Å². The highest BCUT2D eigenvalue weighted by Gasteiger charge is 2.35. The summed E-state index contributed by atoms with van der Waals surface area (Å²) in [5.41, 5.74) is 0.460. The molecule has 0 heterocycles. The van der Waals surface area contributed by atoms with Crippen LogP contribution in [0.1, 0.15) is 53.4 Å². The molecule has 0 aromatic heterocycles. The highest BCUT2D eigenvalue weighted by molar-refractivity contribution is 9.09. The van der Waals surface area contributed by atoms with Gasteiger partial charge in [-0.05, 0) is 49.9 Å². The first-order valence-electron chi connectivity index (χ1n) is 6.51. The molecule has 1 rings (SSSR count). The van der Waals surface area contributed by atoms with E-state index in [1.807, 2.05) is 7.11 Å². The summed E-state index contributed by atoms with van der Waals surface area (Å²) in [5, 5.41) is 0. The molecular formula is C14H27BrO. The first-order chi connectivity index (χ1) is 7.34. The largest absolute Gasteiger partial charge is 0.382 e. The van der Waals surface area contributed by atoms with E-state index in [4.69, 9.17) is 4.74 Å². The van der Waals surface area contributed by atoms with Gasteiger partial charge in [-0.1, -0.05) is 36.7 Å². The van der Waals surface area contributed by atoms with Crippen molar-refractivity contribution in [2.45, 2.75) is 64.3 Å². The highest BCUT2D eigenvalue weighted by atomic mass is 79.9. The molecule has 0 amide bonds. The first kappa shape index (κ1) is 14.5. The highest BCUT2D eigenvalue weighted by Crippen LogP contribution is 2.44. The molecule has 0 aromatic rings. The molecule has 1 aliphatic carbocycles. The van der Waals surface area contributed by atoms with Crippen molar-refractivity contribution in [2.75, 3.05) is 7.11 Å². The lowest BCUT2D eigenvalue weighted by Gasteiger charge is -2.40. The molecule has 16 heavy (non-hydrogen) atoms. The van der Waals surface area contributed by atoms with Gasteiger partial charge in [0.15, 0.2) is 0 Å². The standard InChI is InChI=1S/C14H27BrO/c1-10(16-5)8-11-9-12(14(2,3)4)6-7-13(11)15/h10-13H,6-9H2,1-5H3. The Bertz CT molecular complexity index is 209. The van der Waals surface area contributed by atoms with Crippen molar-refractivity contribution in [1.82, 2.24) is 0 Å². The van der Waals surface area contributed by atoms with Gasteiger partial charge in [0, 0.05) is 11.9 Å². The molecule has 1 saturated carbocycles. The van der Waals surface area contributed by atoms with Gasteiger partial charge in [0.05, 0.1) is 6.10 Å². The maximum atomic E-state index is 5.40. The molecule has 0 spiro atoms. The number of hydrogen-bond donors (Lipinski definition) is 0. The van der Waals surface area contributed by atoms with E-state index in [-0.39, 0.29) is 0 Å². The number of methoxy groups -OCH3 is 1. The lowest BCUT2D eigenvalue weighted by Crippen LogP contribution is -2.33. The van der Waals surface area contributed by atoms with Gasteiger partial charge in [-0.25, -0.2) is 0 Å². The molecule has 4 atom stereocenters. The average molecular weight is 291 g/mol. The van der Waals surface area contributed by atoms with Gasteiger partial charge in [-0.3, -0.25) is 0 Å². The monoisotopic (exact) mass is 290 g/mol. The van der Waals surface area contributed by atoms with Crippen LogP contribution in [0.2, 0.25) is 0 Å². The summed E-state index contributed by atoms with van der Waals surface area (Å²) < 4.78 is 5.40. The van der Waals surface area contributed by atoms with Gasteiger partial charge in [-0.15, -0.1) is 0 Å². The van der Waals surface area contributed by atoms with E-state index in [9.17, 15) is 0 Å². The molecule has 0 aromatic carbocycles. The van der Waals surface area contributed by atoms with E-state index in [0.29, 0.717) is 16.3 Å². The number of hydrogen-bond acceptors (Lipinski definition) is 1. The first-order valence-corrected chi connectivity index (χ1v) is 7.43. The third-order valence-electron chi connectivity index (χ3n) is 4.15. The number of rotatable bonds is 3. The third-order valence-corrected chi connectivity index (χ3v) is 5.36. The van der Waals surface area contributed by atoms with E-state index in [1.54, 1.807) is 0 Å². The van der Waals surface area contributed by atoms with Crippen LogP contribution in [0, 0.1) is 17.3 Å². The summed E-state index contributed by atoms with van der Waals surface area (Å²) in [4.78, 5) is 0.698. The molecule has 1 nitrogen and oxygen atoms in total. The second-order valence-electron chi connectivity index (χ2n) is 6.43. The SMILES string of the molecule is COC(C)CC1CC(C(C)(C)C)CCC1Br. The average Bonchev–Trinajstić information content (AvgIpc) is 2.19. The minimum absolute atomic E-state index is 0.392. The van der Waals surface area contributed by atoms with Crippen molar-refractivity contribution in [3.8, 4) is 0 Å². The van der Waals surface area contributed by atoms with E-state index >= 15 is 0 Å². The summed E-state index contributed by atoms with van der Waals surface area (Å²) in [5.74, 6) is 1.66. The maximum absolute atomic E-state index is 5.40. The number of halogens is 1. The summed E-state index contributed by atoms with van der Waals surface area (Å²) in [6, 6.07) is 0. The smallest absolute Gasteiger partial charge is 0.0546 e. The Balaban J connectivity index is 2.55. The zero-order chi connectivity index (χ0) is 12.3. The Morgan fingerprint density at radius 2 is 1.94 bits per heavy atom. The predicted octanol–water partition coefficient (Wildman–Crippen LogP) is 4.64. The van der Waals surface area contributed by atoms with E-state index < -0.39 is 0 Å². The van der Waals surface area contributed by atoms with Gasteiger partial charge in [0.2, 0.25) is 0 Å². The van der Waals surface area contributed by atoms with Crippen LogP contribution in [0.4, 0.5) is 0 Å². The van der Waals surface area contributed by atoms with Gasteiger partial charge in [-0.2, -0.15) is 0 Å². The van der Waals surface area contributed by atoms with Crippen molar-refractivity contribution < 1.29 is 4.74 Å². The predicted molar refractivity (Wildman–Crippen MR) is 74.1 cm³/mol. The summed E-state index contributed by atoms with van der Waals surface area (Å²) in [6.07, 6.45) is 5.63. The zero-order valence-corrected chi connectivity index (χ0v) is 13.0. The van der Waals surface area contributed by atoms with Gasteiger partial charge < -0.3 is 4.74 Å². The Kier molecular flexibility index (Phi) is 5.31. The number of alkyl halides is 1. The summed E-state index contributed by atoms with van der Waals surface area (Å²) >= 11 is 3.85. The van der Waals surface area contributed by atoms with Crippen molar-refractivity contribution in [2.24, 2.45) is 17.3 Å². The fraction of sp³-hybridized carbons (Fsp3) is 1.00. The Labute approximate surface area is 109 Å². The third kappa shape index (κ3) is 4.03. The fourth-order valence-electron chi connectivity index (χ4n) is 2.78. The van der Waals surface area contributed by atoms with Crippen LogP contribution >= 0.6 is 15.9 Å². The fourth-order valence-corrected chi connectivity index (χ4v) is 3.48. The van der Waals surface area contributed by atoms with Gasteiger partial charge in [0.1, 0.15) is 0 Å². The lowest BCUT2D eigenvalue weighted by atomic mass is 9.68. The molecule has 1 fully saturated rings. The zero-order valence-electron chi connectivity index (χ0n) is 11.4. The van der Waals surface area contributed by atoms with Crippen molar-refractivity contribution >= 4 is 15.9 Å².